The normalized spacial score (nSPS) is 14.9. The lowest BCUT2D eigenvalue weighted by Crippen LogP contribution is -2.38. The van der Waals surface area contributed by atoms with Crippen molar-refractivity contribution in [3.8, 4) is 5.69 Å². The number of fused-ring (bicyclic) bond motifs is 3. The summed E-state index contributed by atoms with van der Waals surface area (Å²) >= 11 is 1.72. The van der Waals surface area contributed by atoms with Gasteiger partial charge in [-0.15, -0.1) is 11.8 Å². The first-order chi connectivity index (χ1) is 16.0. The molecule has 0 radical (unpaired) electrons. The third-order valence-electron chi connectivity index (χ3n) is 6.13. The molecule has 0 aliphatic carbocycles. The molecular weight excluding hydrogens is 426 g/mol. The first-order valence-corrected chi connectivity index (χ1v) is 12.3. The van der Waals surface area contributed by atoms with Crippen LogP contribution in [0, 0.1) is 13.8 Å². The number of hydrogen-bond donors (Lipinski definition) is 1. The van der Waals surface area contributed by atoms with Crippen LogP contribution in [0.1, 0.15) is 34.0 Å². The third-order valence-corrected chi connectivity index (χ3v) is 6.87. The molecule has 0 fully saturated rings. The lowest BCUT2D eigenvalue weighted by atomic mass is 10.0. The summed E-state index contributed by atoms with van der Waals surface area (Å²) in [7, 11) is 0. The molecule has 0 saturated heterocycles. The van der Waals surface area contributed by atoms with Crippen LogP contribution in [0.5, 0.6) is 0 Å². The van der Waals surface area contributed by atoms with E-state index in [0.29, 0.717) is 6.54 Å². The molecule has 2 amide bonds. The molecule has 3 aromatic carbocycles. The van der Waals surface area contributed by atoms with Crippen LogP contribution in [0.3, 0.4) is 0 Å². The minimum absolute atomic E-state index is 0.108. The molecule has 33 heavy (non-hydrogen) atoms. The summed E-state index contributed by atoms with van der Waals surface area (Å²) in [5.41, 5.74) is 7.48. The Morgan fingerprint density at radius 3 is 2.39 bits per heavy atom. The predicted molar refractivity (Wildman–Crippen MR) is 136 cm³/mol. The van der Waals surface area contributed by atoms with E-state index in [1.54, 1.807) is 11.8 Å². The second-order valence-electron chi connectivity index (χ2n) is 8.54. The Bertz CT molecular complexity index is 1290. The second kappa shape index (κ2) is 8.83. The topological polar surface area (TPSA) is 37.3 Å². The summed E-state index contributed by atoms with van der Waals surface area (Å²) in [5.74, 6) is 0. The number of amides is 2. The van der Waals surface area contributed by atoms with Crippen molar-refractivity contribution in [2.24, 2.45) is 0 Å². The van der Waals surface area contributed by atoms with E-state index < -0.39 is 0 Å². The van der Waals surface area contributed by atoms with Crippen LogP contribution in [0.25, 0.3) is 5.69 Å². The Balaban J connectivity index is 1.62. The SMILES string of the molecule is CSc1ccc([C@@H]2c3cccn3-c3ccccc3CN2C(=O)Nc2cc(C)cc(C)c2)cc1. The summed E-state index contributed by atoms with van der Waals surface area (Å²) < 4.78 is 2.21. The molecule has 1 aromatic heterocycles. The van der Waals surface area contributed by atoms with Crippen LogP contribution in [0.4, 0.5) is 10.5 Å². The van der Waals surface area contributed by atoms with Crippen molar-refractivity contribution in [1.29, 1.82) is 0 Å². The first kappa shape index (κ1) is 21.4. The molecule has 0 bridgehead atoms. The summed E-state index contributed by atoms with van der Waals surface area (Å²) in [5, 5.41) is 3.17. The van der Waals surface area contributed by atoms with Gasteiger partial charge in [0.15, 0.2) is 0 Å². The van der Waals surface area contributed by atoms with Crippen molar-refractivity contribution in [3.63, 3.8) is 0 Å². The average Bonchev–Trinajstić information content (AvgIpc) is 3.23. The van der Waals surface area contributed by atoms with Gasteiger partial charge in [-0.2, -0.15) is 0 Å². The summed E-state index contributed by atoms with van der Waals surface area (Å²) in [6.45, 7) is 4.62. The monoisotopic (exact) mass is 453 g/mol. The van der Waals surface area contributed by atoms with Crippen LogP contribution in [0.15, 0.2) is 90.0 Å². The van der Waals surface area contributed by atoms with Gasteiger partial charge in [-0.3, -0.25) is 0 Å². The summed E-state index contributed by atoms with van der Waals surface area (Å²) in [6.07, 6.45) is 4.16. The highest BCUT2D eigenvalue weighted by molar-refractivity contribution is 7.98. The molecule has 5 rings (SSSR count). The fourth-order valence-electron chi connectivity index (χ4n) is 4.72. The number of hydrogen-bond acceptors (Lipinski definition) is 2. The van der Waals surface area contributed by atoms with E-state index in [-0.39, 0.29) is 12.1 Å². The highest BCUT2D eigenvalue weighted by Crippen LogP contribution is 2.37. The smallest absolute Gasteiger partial charge is 0.318 e. The number of carbonyl (C=O) groups is 1. The maximum absolute atomic E-state index is 13.8. The van der Waals surface area contributed by atoms with E-state index in [4.69, 9.17) is 0 Å². The number of aryl methyl sites for hydroxylation is 2. The number of aromatic nitrogens is 1. The van der Waals surface area contributed by atoms with E-state index in [9.17, 15) is 4.79 Å². The van der Waals surface area contributed by atoms with Crippen LogP contribution < -0.4 is 5.32 Å². The number of nitrogens with zero attached hydrogens (tertiary/aromatic N) is 2. The van der Waals surface area contributed by atoms with Crippen molar-refractivity contribution in [3.05, 3.63) is 113 Å². The van der Waals surface area contributed by atoms with Crippen molar-refractivity contribution in [2.75, 3.05) is 11.6 Å². The Morgan fingerprint density at radius 2 is 1.67 bits per heavy atom. The molecule has 1 aliphatic heterocycles. The fraction of sp³-hybridized carbons (Fsp3) is 0.179. The summed E-state index contributed by atoms with van der Waals surface area (Å²) in [6, 6.07) is 26.9. The Kier molecular flexibility index (Phi) is 5.73. The van der Waals surface area contributed by atoms with Crippen molar-refractivity contribution in [1.82, 2.24) is 9.47 Å². The van der Waals surface area contributed by atoms with E-state index >= 15 is 0 Å². The lowest BCUT2D eigenvalue weighted by molar-refractivity contribution is 0.194. The zero-order valence-electron chi connectivity index (χ0n) is 19.1. The van der Waals surface area contributed by atoms with E-state index in [2.05, 4.69) is 83.0 Å². The number of thioether (sulfide) groups is 1. The van der Waals surface area contributed by atoms with E-state index in [1.807, 2.05) is 36.9 Å². The highest BCUT2D eigenvalue weighted by Gasteiger charge is 2.33. The van der Waals surface area contributed by atoms with Gasteiger partial charge < -0.3 is 14.8 Å². The van der Waals surface area contributed by atoms with Crippen molar-refractivity contribution < 1.29 is 4.79 Å². The van der Waals surface area contributed by atoms with Crippen molar-refractivity contribution in [2.45, 2.75) is 31.3 Å². The highest BCUT2D eigenvalue weighted by atomic mass is 32.2. The zero-order valence-corrected chi connectivity index (χ0v) is 19.9. The Labute approximate surface area is 199 Å². The molecule has 0 unspecified atom stereocenters. The van der Waals surface area contributed by atoms with Gasteiger partial charge in [0.2, 0.25) is 0 Å². The van der Waals surface area contributed by atoms with Gasteiger partial charge in [-0.05, 0) is 84.8 Å². The zero-order chi connectivity index (χ0) is 22.9. The molecular formula is C28H27N3OS. The number of benzene rings is 3. The van der Waals surface area contributed by atoms with E-state index in [1.165, 1.54) is 4.90 Å². The van der Waals surface area contributed by atoms with Crippen LogP contribution in [-0.2, 0) is 6.54 Å². The number of para-hydroxylation sites is 1. The van der Waals surface area contributed by atoms with Gasteiger partial charge in [0.1, 0.15) is 0 Å². The maximum atomic E-state index is 13.8. The van der Waals surface area contributed by atoms with Gasteiger partial charge in [0.05, 0.1) is 18.3 Å². The van der Waals surface area contributed by atoms with Gasteiger partial charge in [-0.25, -0.2) is 4.79 Å². The molecule has 4 nitrogen and oxygen atoms in total. The van der Waals surface area contributed by atoms with Gasteiger partial charge in [-0.1, -0.05) is 36.4 Å². The number of anilines is 1. The average molecular weight is 454 g/mol. The molecule has 1 N–H and O–H groups in total. The molecule has 0 spiro atoms. The first-order valence-electron chi connectivity index (χ1n) is 11.1. The fourth-order valence-corrected chi connectivity index (χ4v) is 5.13. The predicted octanol–water partition coefficient (Wildman–Crippen LogP) is 6.95. The largest absolute Gasteiger partial charge is 0.322 e. The van der Waals surface area contributed by atoms with Gasteiger partial charge in [0.25, 0.3) is 0 Å². The lowest BCUT2D eigenvalue weighted by Gasteiger charge is -2.31. The number of urea groups is 1. The third kappa shape index (κ3) is 4.16. The van der Waals surface area contributed by atoms with Crippen LogP contribution in [0.2, 0.25) is 0 Å². The molecule has 4 aromatic rings. The molecule has 5 heteroatoms. The quantitative estimate of drug-likeness (QED) is 0.341. The van der Waals surface area contributed by atoms with Crippen molar-refractivity contribution >= 4 is 23.5 Å². The number of nitrogens with one attached hydrogen (secondary N) is 1. The molecule has 166 valence electrons. The standard InChI is InChI=1S/C28H27N3OS/c1-19-15-20(2)17-23(16-19)29-28(32)31-18-22-7-4-5-8-25(22)30-14-6-9-26(30)27(31)21-10-12-24(33-3)13-11-21/h4-17,27H,18H2,1-3H3,(H,29,32)/t27-/m1/s1. The number of carbonyl (C=O) groups excluding carboxylic acids is 1. The summed E-state index contributed by atoms with van der Waals surface area (Å²) in [4.78, 5) is 16.9. The molecule has 2 heterocycles. The second-order valence-corrected chi connectivity index (χ2v) is 9.42. The maximum Gasteiger partial charge on any atom is 0.322 e. The molecule has 0 saturated carbocycles. The van der Waals surface area contributed by atoms with Gasteiger partial charge >= 0.3 is 6.03 Å². The molecule has 1 atom stereocenters. The van der Waals surface area contributed by atoms with Gasteiger partial charge in [0, 0.05) is 22.5 Å². The van der Waals surface area contributed by atoms with Crippen LogP contribution in [-0.4, -0.2) is 21.8 Å². The minimum atomic E-state index is -0.214. The van der Waals surface area contributed by atoms with E-state index in [0.717, 1.165) is 39.3 Å². The minimum Gasteiger partial charge on any atom is -0.318 e. The van der Waals surface area contributed by atoms with Crippen LogP contribution >= 0.6 is 11.8 Å². The molecule has 1 aliphatic rings. The Morgan fingerprint density at radius 1 is 0.939 bits per heavy atom. The number of rotatable bonds is 3. The Hall–Kier alpha value is -3.44.